The van der Waals surface area contributed by atoms with Gasteiger partial charge in [-0.1, -0.05) is 42.0 Å². The van der Waals surface area contributed by atoms with Gasteiger partial charge in [0.25, 0.3) is 0 Å². The first kappa shape index (κ1) is 16.0. The molecule has 0 saturated carbocycles. The second-order valence-electron chi connectivity index (χ2n) is 5.43. The third kappa shape index (κ3) is 3.86. The highest BCUT2D eigenvalue weighted by Gasteiger charge is 2.19. The Morgan fingerprint density at radius 3 is 2.55 bits per heavy atom. The summed E-state index contributed by atoms with van der Waals surface area (Å²) in [4.78, 5) is 14.1. The molecule has 2 aromatic rings. The minimum Gasteiger partial charge on any atom is -0.497 e. The number of ether oxygens (including phenoxy) is 1. The summed E-state index contributed by atoms with van der Waals surface area (Å²) in [6.45, 7) is 2.50. The van der Waals surface area contributed by atoms with E-state index in [1.165, 1.54) is 0 Å². The molecule has 116 valence electrons. The SMILES string of the molecule is COc1cccc(CN(C)C(=O)C(N)c2ccc(C)cc2)c1. The van der Waals surface area contributed by atoms with E-state index < -0.39 is 6.04 Å². The highest BCUT2D eigenvalue weighted by atomic mass is 16.5. The summed E-state index contributed by atoms with van der Waals surface area (Å²) in [5, 5.41) is 0. The van der Waals surface area contributed by atoms with E-state index in [4.69, 9.17) is 10.5 Å². The predicted octanol–water partition coefficient (Wildman–Crippen LogP) is 2.66. The molecule has 1 atom stereocenters. The van der Waals surface area contributed by atoms with E-state index in [1.54, 1.807) is 19.1 Å². The molecule has 0 aliphatic carbocycles. The molecular weight excluding hydrogens is 276 g/mol. The largest absolute Gasteiger partial charge is 0.497 e. The molecule has 4 heteroatoms. The van der Waals surface area contributed by atoms with Crippen molar-refractivity contribution in [3.05, 3.63) is 65.2 Å². The number of benzene rings is 2. The molecule has 22 heavy (non-hydrogen) atoms. The van der Waals surface area contributed by atoms with Crippen molar-refractivity contribution in [3.63, 3.8) is 0 Å². The molecule has 0 radical (unpaired) electrons. The van der Waals surface area contributed by atoms with E-state index in [2.05, 4.69) is 0 Å². The van der Waals surface area contributed by atoms with Crippen LogP contribution in [0.5, 0.6) is 5.75 Å². The molecular formula is C18H22N2O2. The minimum absolute atomic E-state index is 0.105. The lowest BCUT2D eigenvalue weighted by atomic mass is 10.0. The topological polar surface area (TPSA) is 55.6 Å². The quantitative estimate of drug-likeness (QED) is 0.923. The maximum Gasteiger partial charge on any atom is 0.244 e. The molecule has 0 aliphatic rings. The van der Waals surface area contributed by atoms with Crippen LogP contribution in [0.4, 0.5) is 0 Å². The monoisotopic (exact) mass is 298 g/mol. The number of aryl methyl sites for hydroxylation is 1. The molecule has 2 aromatic carbocycles. The Bertz CT molecular complexity index is 638. The molecule has 1 unspecified atom stereocenters. The number of methoxy groups -OCH3 is 1. The van der Waals surface area contributed by atoms with Crippen LogP contribution in [0.25, 0.3) is 0 Å². The Morgan fingerprint density at radius 2 is 1.91 bits per heavy atom. The lowest BCUT2D eigenvalue weighted by Crippen LogP contribution is -2.35. The van der Waals surface area contributed by atoms with Crippen molar-refractivity contribution >= 4 is 5.91 Å². The van der Waals surface area contributed by atoms with Crippen molar-refractivity contribution < 1.29 is 9.53 Å². The molecule has 1 amide bonds. The highest BCUT2D eigenvalue weighted by Crippen LogP contribution is 2.17. The van der Waals surface area contributed by atoms with E-state index in [0.717, 1.165) is 22.4 Å². The van der Waals surface area contributed by atoms with Gasteiger partial charge in [-0.15, -0.1) is 0 Å². The number of likely N-dealkylation sites (N-methyl/N-ethyl adjacent to an activating group) is 1. The van der Waals surface area contributed by atoms with Gasteiger partial charge in [0, 0.05) is 13.6 Å². The molecule has 0 saturated heterocycles. The van der Waals surface area contributed by atoms with E-state index in [1.807, 2.05) is 55.5 Å². The first-order chi connectivity index (χ1) is 10.5. The Labute approximate surface area is 131 Å². The highest BCUT2D eigenvalue weighted by molar-refractivity contribution is 5.82. The van der Waals surface area contributed by atoms with E-state index >= 15 is 0 Å². The van der Waals surface area contributed by atoms with Gasteiger partial charge in [-0.2, -0.15) is 0 Å². The molecule has 0 aliphatic heterocycles. The first-order valence-corrected chi connectivity index (χ1v) is 7.21. The zero-order valence-electron chi connectivity index (χ0n) is 13.2. The van der Waals surface area contributed by atoms with Gasteiger partial charge in [0.1, 0.15) is 11.8 Å². The van der Waals surface area contributed by atoms with Crippen LogP contribution >= 0.6 is 0 Å². The van der Waals surface area contributed by atoms with Crippen molar-refractivity contribution in [1.29, 1.82) is 0 Å². The summed E-state index contributed by atoms with van der Waals surface area (Å²) in [5.74, 6) is 0.674. The van der Waals surface area contributed by atoms with Crippen LogP contribution in [0.15, 0.2) is 48.5 Å². The van der Waals surface area contributed by atoms with Crippen molar-refractivity contribution in [1.82, 2.24) is 4.90 Å². The van der Waals surface area contributed by atoms with Gasteiger partial charge in [0.2, 0.25) is 5.91 Å². The molecule has 2 N–H and O–H groups in total. The van der Waals surface area contributed by atoms with Crippen LogP contribution < -0.4 is 10.5 Å². The molecule has 0 spiro atoms. The second-order valence-corrected chi connectivity index (χ2v) is 5.43. The summed E-state index contributed by atoms with van der Waals surface area (Å²) in [6.07, 6.45) is 0. The second kappa shape index (κ2) is 7.09. The normalized spacial score (nSPS) is 11.8. The summed E-state index contributed by atoms with van der Waals surface area (Å²) in [6, 6.07) is 14.8. The molecule has 0 heterocycles. The van der Waals surface area contributed by atoms with Crippen molar-refractivity contribution in [2.24, 2.45) is 5.73 Å². The van der Waals surface area contributed by atoms with Gasteiger partial charge in [0.05, 0.1) is 7.11 Å². The number of carbonyl (C=O) groups excluding carboxylic acids is 1. The maximum absolute atomic E-state index is 12.5. The summed E-state index contributed by atoms with van der Waals surface area (Å²) in [5.41, 5.74) is 9.06. The molecule has 0 fully saturated rings. The Morgan fingerprint density at radius 1 is 1.23 bits per heavy atom. The van der Waals surface area contributed by atoms with Crippen LogP contribution in [0.2, 0.25) is 0 Å². The Hall–Kier alpha value is -2.33. The third-order valence-electron chi connectivity index (χ3n) is 3.63. The van der Waals surface area contributed by atoms with Crippen LogP contribution in [0, 0.1) is 6.92 Å². The standard InChI is InChI=1S/C18H22N2O2/c1-13-7-9-15(10-8-13)17(19)18(21)20(2)12-14-5-4-6-16(11-14)22-3/h4-11,17H,12,19H2,1-3H3. The molecule has 0 aromatic heterocycles. The van der Waals surface area contributed by atoms with Crippen molar-refractivity contribution in [2.45, 2.75) is 19.5 Å². The van der Waals surface area contributed by atoms with Crippen LogP contribution in [0.1, 0.15) is 22.7 Å². The number of nitrogens with two attached hydrogens (primary N) is 1. The zero-order chi connectivity index (χ0) is 16.1. The van der Waals surface area contributed by atoms with Gasteiger partial charge in [0.15, 0.2) is 0 Å². The van der Waals surface area contributed by atoms with Gasteiger partial charge < -0.3 is 15.4 Å². The van der Waals surface area contributed by atoms with Crippen LogP contribution in [-0.2, 0) is 11.3 Å². The number of amides is 1. The fourth-order valence-electron chi connectivity index (χ4n) is 2.28. The average Bonchev–Trinajstić information content (AvgIpc) is 2.54. The van der Waals surface area contributed by atoms with Crippen LogP contribution in [-0.4, -0.2) is 25.0 Å². The zero-order valence-corrected chi connectivity index (χ0v) is 13.2. The molecule has 0 bridgehead atoms. The summed E-state index contributed by atoms with van der Waals surface area (Å²) in [7, 11) is 3.39. The van der Waals surface area contributed by atoms with E-state index in [-0.39, 0.29) is 5.91 Å². The number of carbonyl (C=O) groups is 1. The number of rotatable bonds is 5. The number of hydrogen-bond donors (Lipinski definition) is 1. The molecule has 2 rings (SSSR count). The number of hydrogen-bond acceptors (Lipinski definition) is 3. The Balaban J connectivity index is 2.06. The number of nitrogens with zero attached hydrogens (tertiary/aromatic N) is 1. The smallest absolute Gasteiger partial charge is 0.244 e. The van der Waals surface area contributed by atoms with Crippen molar-refractivity contribution in [3.8, 4) is 5.75 Å². The van der Waals surface area contributed by atoms with Gasteiger partial charge in [-0.3, -0.25) is 4.79 Å². The van der Waals surface area contributed by atoms with Gasteiger partial charge in [-0.25, -0.2) is 0 Å². The predicted molar refractivity (Wildman–Crippen MR) is 87.6 cm³/mol. The summed E-state index contributed by atoms with van der Waals surface area (Å²) >= 11 is 0. The van der Waals surface area contributed by atoms with Crippen molar-refractivity contribution in [2.75, 3.05) is 14.2 Å². The first-order valence-electron chi connectivity index (χ1n) is 7.21. The minimum atomic E-state index is -0.642. The maximum atomic E-state index is 12.5. The van der Waals surface area contributed by atoms with E-state index in [9.17, 15) is 4.79 Å². The van der Waals surface area contributed by atoms with Crippen LogP contribution in [0.3, 0.4) is 0 Å². The third-order valence-corrected chi connectivity index (χ3v) is 3.63. The van der Waals surface area contributed by atoms with E-state index in [0.29, 0.717) is 6.54 Å². The van der Waals surface area contributed by atoms with Gasteiger partial charge in [-0.05, 0) is 30.2 Å². The summed E-state index contributed by atoms with van der Waals surface area (Å²) < 4.78 is 5.20. The lowest BCUT2D eigenvalue weighted by Gasteiger charge is -2.22. The fraction of sp³-hybridized carbons (Fsp3) is 0.278. The fourth-order valence-corrected chi connectivity index (χ4v) is 2.28. The Kier molecular flexibility index (Phi) is 5.17. The lowest BCUT2D eigenvalue weighted by molar-refractivity contribution is -0.131. The average molecular weight is 298 g/mol. The molecule has 4 nitrogen and oxygen atoms in total. The van der Waals surface area contributed by atoms with Gasteiger partial charge >= 0.3 is 0 Å².